The van der Waals surface area contributed by atoms with Crippen LogP contribution in [-0.4, -0.2) is 32.0 Å². The summed E-state index contributed by atoms with van der Waals surface area (Å²) >= 11 is 1.56. The molecule has 102 valence electrons. The first-order valence-electron chi connectivity index (χ1n) is 6.04. The maximum atomic E-state index is 11.7. The van der Waals surface area contributed by atoms with Gasteiger partial charge < -0.3 is 5.32 Å². The molecular weight excluding hydrogens is 268 g/mol. The molecule has 0 aliphatic carbocycles. The fraction of sp³-hybridized carbons (Fsp3) is 0.750. The van der Waals surface area contributed by atoms with Crippen molar-refractivity contribution < 1.29 is 8.42 Å². The van der Waals surface area contributed by atoms with Crippen molar-refractivity contribution in [1.29, 1.82) is 0 Å². The Bertz CT molecular complexity index is 543. The Morgan fingerprint density at radius 3 is 2.50 bits per heavy atom. The van der Waals surface area contributed by atoms with Gasteiger partial charge in [0.2, 0.25) is 0 Å². The maximum absolute atomic E-state index is 11.7. The Morgan fingerprint density at radius 1 is 1.44 bits per heavy atom. The van der Waals surface area contributed by atoms with Crippen LogP contribution in [0.2, 0.25) is 0 Å². The van der Waals surface area contributed by atoms with E-state index in [1.54, 1.807) is 11.3 Å². The molecule has 1 saturated heterocycles. The number of sulfone groups is 1. The largest absolute Gasteiger partial charge is 0.308 e. The number of rotatable bonds is 2. The fourth-order valence-corrected chi connectivity index (χ4v) is 5.51. The molecule has 2 rings (SSSR count). The van der Waals surface area contributed by atoms with Crippen molar-refractivity contribution in [2.24, 2.45) is 0 Å². The van der Waals surface area contributed by atoms with Gasteiger partial charge in [0.1, 0.15) is 5.01 Å². The van der Waals surface area contributed by atoms with Crippen molar-refractivity contribution >= 4 is 21.2 Å². The Kier molecular flexibility index (Phi) is 3.32. The van der Waals surface area contributed by atoms with Crippen molar-refractivity contribution in [2.45, 2.75) is 38.1 Å². The van der Waals surface area contributed by atoms with E-state index in [0.717, 1.165) is 10.7 Å². The summed E-state index contributed by atoms with van der Waals surface area (Å²) in [4.78, 5) is 4.66. The first kappa shape index (κ1) is 14.0. The van der Waals surface area contributed by atoms with Gasteiger partial charge in [-0.3, -0.25) is 0 Å². The summed E-state index contributed by atoms with van der Waals surface area (Å²) in [5.74, 6) is 0.409. The lowest BCUT2D eigenvalue weighted by Crippen LogP contribution is -2.41. The Morgan fingerprint density at radius 2 is 2.11 bits per heavy atom. The molecule has 1 aromatic rings. The van der Waals surface area contributed by atoms with Gasteiger partial charge in [-0.2, -0.15) is 0 Å². The molecule has 0 saturated carbocycles. The zero-order valence-corrected chi connectivity index (χ0v) is 12.9. The van der Waals surface area contributed by atoms with Crippen LogP contribution in [0.1, 0.15) is 37.9 Å². The van der Waals surface area contributed by atoms with Gasteiger partial charge in [0.25, 0.3) is 0 Å². The number of nitrogens with zero attached hydrogens (tertiary/aromatic N) is 1. The van der Waals surface area contributed by atoms with Gasteiger partial charge >= 0.3 is 0 Å². The van der Waals surface area contributed by atoms with E-state index in [1.807, 2.05) is 12.4 Å². The average Bonchev–Trinajstić information content (AvgIpc) is 2.82. The average molecular weight is 288 g/mol. The lowest BCUT2D eigenvalue weighted by atomic mass is 9.93. The molecule has 2 heterocycles. The molecule has 6 heteroatoms. The van der Waals surface area contributed by atoms with Crippen molar-refractivity contribution in [3.63, 3.8) is 0 Å². The van der Waals surface area contributed by atoms with E-state index in [1.165, 1.54) is 0 Å². The van der Waals surface area contributed by atoms with E-state index in [9.17, 15) is 8.42 Å². The van der Waals surface area contributed by atoms with Crippen molar-refractivity contribution in [1.82, 2.24) is 10.3 Å². The van der Waals surface area contributed by atoms with Crippen LogP contribution in [-0.2, 0) is 20.8 Å². The zero-order chi connectivity index (χ0) is 13.6. The first-order chi connectivity index (χ1) is 8.19. The normalized spacial score (nSPS) is 27.6. The third-order valence-corrected chi connectivity index (χ3v) is 6.27. The van der Waals surface area contributed by atoms with E-state index < -0.39 is 15.4 Å². The molecule has 1 aromatic heterocycles. The van der Waals surface area contributed by atoms with Crippen LogP contribution in [0.3, 0.4) is 0 Å². The lowest BCUT2D eigenvalue weighted by Gasteiger charge is -2.24. The number of hydrogen-bond donors (Lipinski definition) is 1. The first-order valence-corrected chi connectivity index (χ1v) is 8.74. The summed E-state index contributed by atoms with van der Waals surface area (Å²) in [7, 11) is -1.12. The van der Waals surface area contributed by atoms with Gasteiger partial charge in [0.15, 0.2) is 9.84 Å². The summed E-state index contributed by atoms with van der Waals surface area (Å²) in [6.07, 6.45) is 0.614. The third kappa shape index (κ3) is 2.46. The number of aromatic nitrogens is 1. The van der Waals surface area contributed by atoms with Gasteiger partial charge in [-0.25, -0.2) is 13.4 Å². The molecule has 0 bridgehead atoms. The summed E-state index contributed by atoms with van der Waals surface area (Å²) < 4.78 is 23.4. The molecule has 0 spiro atoms. The minimum absolute atomic E-state index is 0.00115. The highest BCUT2D eigenvalue weighted by atomic mass is 32.2. The second kappa shape index (κ2) is 4.28. The Balaban J connectivity index is 2.38. The molecule has 0 amide bonds. The lowest BCUT2D eigenvalue weighted by molar-refractivity contribution is 0.405. The molecular formula is C12H20N2O2S2. The Labute approximate surface area is 113 Å². The molecule has 1 atom stereocenters. The molecule has 18 heavy (non-hydrogen) atoms. The minimum atomic E-state index is -2.94. The highest BCUT2D eigenvalue weighted by Gasteiger charge is 2.44. The van der Waals surface area contributed by atoms with Crippen molar-refractivity contribution in [3.8, 4) is 0 Å². The van der Waals surface area contributed by atoms with E-state index in [0.29, 0.717) is 6.42 Å². The molecule has 1 unspecified atom stereocenters. The quantitative estimate of drug-likeness (QED) is 0.899. The smallest absolute Gasteiger partial charge is 0.152 e. The van der Waals surface area contributed by atoms with Crippen molar-refractivity contribution in [2.75, 3.05) is 18.6 Å². The van der Waals surface area contributed by atoms with Gasteiger partial charge in [0, 0.05) is 10.8 Å². The maximum Gasteiger partial charge on any atom is 0.152 e. The predicted molar refractivity (Wildman–Crippen MR) is 74.8 cm³/mol. The van der Waals surface area contributed by atoms with Crippen LogP contribution >= 0.6 is 11.3 Å². The monoisotopic (exact) mass is 288 g/mol. The van der Waals surface area contributed by atoms with E-state index >= 15 is 0 Å². The summed E-state index contributed by atoms with van der Waals surface area (Å²) in [6, 6.07) is 0. The molecule has 0 aromatic carbocycles. The summed E-state index contributed by atoms with van der Waals surface area (Å²) in [5, 5.41) is 6.12. The van der Waals surface area contributed by atoms with Crippen LogP contribution in [0.4, 0.5) is 0 Å². The Hall–Kier alpha value is -0.460. The molecule has 4 nitrogen and oxygen atoms in total. The summed E-state index contributed by atoms with van der Waals surface area (Å²) in [5.41, 5.74) is 0.551. The molecule has 0 radical (unpaired) electrons. The van der Waals surface area contributed by atoms with Crippen LogP contribution in [0.25, 0.3) is 0 Å². The van der Waals surface area contributed by atoms with Crippen LogP contribution in [0, 0.1) is 0 Å². The van der Waals surface area contributed by atoms with E-state index in [-0.39, 0.29) is 16.9 Å². The van der Waals surface area contributed by atoms with Gasteiger partial charge in [-0.15, -0.1) is 11.3 Å². The number of hydrogen-bond acceptors (Lipinski definition) is 5. The summed E-state index contributed by atoms with van der Waals surface area (Å²) in [6.45, 7) is 6.34. The second-order valence-electron chi connectivity index (χ2n) is 5.96. The minimum Gasteiger partial charge on any atom is -0.308 e. The highest BCUT2D eigenvalue weighted by Crippen LogP contribution is 2.36. The van der Waals surface area contributed by atoms with E-state index in [4.69, 9.17) is 0 Å². The van der Waals surface area contributed by atoms with E-state index in [2.05, 4.69) is 31.1 Å². The highest BCUT2D eigenvalue weighted by molar-refractivity contribution is 7.91. The van der Waals surface area contributed by atoms with Crippen LogP contribution in [0.15, 0.2) is 5.38 Å². The SMILES string of the molecule is CNC1(c2nc(C(C)(C)C)cs2)CCS(=O)(=O)C1. The van der Waals surface area contributed by atoms with Gasteiger partial charge in [0.05, 0.1) is 22.7 Å². The van der Waals surface area contributed by atoms with Gasteiger partial charge in [-0.1, -0.05) is 20.8 Å². The topological polar surface area (TPSA) is 59.1 Å². The predicted octanol–water partition coefficient (Wildman–Crippen LogP) is 1.67. The molecule has 1 N–H and O–H groups in total. The second-order valence-corrected chi connectivity index (χ2v) is 9.00. The molecule has 1 fully saturated rings. The molecule has 1 aliphatic heterocycles. The molecule has 1 aliphatic rings. The number of thiazole rings is 1. The standard InChI is InChI=1S/C12H20N2O2S2/c1-11(2,3)9-7-17-10(14-9)12(13-4)5-6-18(15,16)8-12/h7,13H,5-6,8H2,1-4H3. The van der Waals surface area contributed by atoms with Gasteiger partial charge in [-0.05, 0) is 13.5 Å². The number of nitrogens with one attached hydrogen (secondary N) is 1. The van der Waals surface area contributed by atoms with Crippen LogP contribution < -0.4 is 5.32 Å². The third-order valence-electron chi connectivity index (χ3n) is 3.47. The van der Waals surface area contributed by atoms with Crippen molar-refractivity contribution in [3.05, 3.63) is 16.1 Å². The van der Waals surface area contributed by atoms with Crippen LogP contribution in [0.5, 0.6) is 0 Å². The fourth-order valence-electron chi connectivity index (χ4n) is 2.16. The zero-order valence-electron chi connectivity index (χ0n) is 11.3.